The first-order chi connectivity index (χ1) is 10.2. The molecule has 5 nitrogen and oxygen atoms in total. The summed E-state index contributed by atoms with van der Waals surface area (Å²) in [5.41, 5.74) is 0.575. The SMILES string of the molecule is COc1ccc(Br)cc1CNC(C)CNC(=O)OC(C)(C)C. The Kier molecular flexibility index (Phi) is 7.16. The van der Waals surface area contributed by atoms with E-state index >= 15 is 0 Å². The first-order valence-corrected chi connectivity index (χ1v) is 8.03. The normalized spacial score (nSPS) is 12.6. The van der Waals surface area contributed by atoms with E-state index in [0.29, 0.717) is 13.1 Å². The number of ether oxygens (including phenoxy) is 2. The van der Waals surface area contributed by atoms with Gasteiger partial charge < -0.3 is 20.1 Å². The molecule has 1 unspecified atom stereocenters. The fourth-order valence-corrected chi connectivity index (χ4v) is 2.20. The molecule has 6 heteroatoms. The highest BCUT2D eigenvalue weighted by atomic mass is 79.9. The third kappa shape index (κ3) is 7.13. The zero-order valence-electron chi connectivity index (χ0n) is 13.8. The molecule has 1 atom stereocenters. The van der Waals surface area contributed by atoms with Crippen molar-refractivity contribution in [1.29, 1.82) is 0 Å². The second-order valence-corrected chi connectivity index (χ2v) is 7.04. The van der Waals surface area contributed by atoms with Crippen LogP contribution in [-0.2, 0) is 11.3 Å². The van der Waals surface area contributed by atoms with E-state index in [0.717, 1.165) is 15.8 Å². The number of benzene rings is 1. The van der Waals surface area contributed by atoms with Gasteiger partial charge in [-0.2, -0.15) is 0 Å². The molecule has 0 aliphatic heterocycles. The van der Waals surface area contributed by atoms with Gasteiger partial charge in [-0.05, 0) is 45.9 Å². The summed E-state index contributed by atoms with van der Waals surface area (Å²) in [4.78, 5) is 11.6. The summed E-state index contributed by atoms with van der Waals surface area (Å²) >= 11 is 3.45. The zero-order chi connectivity index (χ0) is 16.8. The Morgan fingerprint density at radius 3 is 2.64 bits per heavy atom. The van der Waals surface area contributed by atoms with Crippen LogP contribution in [0.3, 0.4) is 0 Å². The summed E-state index contributed by atoms with van der Waals surface area (Å²) in [6.45, 7) is 8.67. The number of carbonyl (C=O) groups excluding carboxylic acids is 1. The maximum Gasteiger partial charge on any atom is 0.407 e. The second kappa shape index (κ2) is 8.39. The largest absolute Gasteiger partial charge is 0.496 e. The summed E-state index contributed by atoms with van der Waals surface area (Å²) < 4.78 is 11.5. The molecule has 0 aliphatic carbocycles. The Hall–Kier alpha value is -1.27. The molecular formula is C16H25BrN2O3. The van der Waals surface area contributed by atoms with Gasteiger partial charge in [0.15, 0.2) is 0 Å². The van der Waals surface area contributed by atoms with E-state index in [4.69, 9.17) is 9.47 Å². The van der Waals surface area contributed by atoms with Crippen LogP contribution in [0, 0.1) is 0 Å². The number of carbonyl (C=O) groups is 1. The number of methoxy groups -OCH3 is 1. The summed E-state index contributed by atoms with van der Waals surface area (Å²) in [6.07, 6.45) is -0.402. The molecule has 0 saturated heterocycles. The smallest absolute Gasteiger partial charge is 0.407 e. The van der Waals surface area contributed by atoms with Crippen molar-refractivity contribution in [2.75, 3.05) is 13.7 Å². The van der Waals surface area contributed by atoms with Gasteiger partial charge in [-0.25, -0.2) is 4.79 Å². The molecule has 0 radical (unpaired) electrons. The molecular weight excluding hydrogens is 348 g/mol. The highest BCUT2D eigenvalue weighted by molar-refractivity contribution is 9.10. The topological polar surface area (TPSA) is 59.6 Å². The molecule has 124 valence electrons. The second-order valence-electron chi connectivity index (χ2n) is 6.12. The van der Waals surface area contributed by atoms with Crippen LogP contribution in [0.2, 0.25) is 0 Å². The van der Waals surface area contributed by atoms with Crippen LogP contribution in [-0.4, -0.2) is 31.4 Å². The van der Waals surface area contributed by atoms with Gasteiger partial charge in [-0.3, -0.25) is 0 Å². The van der Waals surface area contributed by atoms with Crippen LogP contribution in [0.15, 0.2) is 22.7 Å². The summed E-state index contributed by atoms with van der Waals surface area (Å²) in [7, 11) is 1.65. The van der Waals surface area contributed by atoms with Crippen LogP contribution >= 0.6 is 15.9 Å². The van der Waals surface area contributed by atoms with Crippen molar-refractivity contribution in [3.05, 3.63) is 28.2 Å². The van der Waals surface area contributed by atoms with E-state index in [9.17, 15) is 4.79 Å². The van der Waals surface area contributed by atoms with Gasteiger partial charge in [-0.15, -0.1) is 0 Å². The predicted octanol–water partition coefficient (Wildman–Crippen LogP) is 3.46. The molecule has 1 aromatic carbocycles. The standard InChI is InChI=1S/C16H25BrN2O3/c1-11(9-19-15(20)22-16(2,3)4)18-10-12-8-13(17)6-7-14(12)21-5/h6-8,11,18H,9-10H2,1-5H3,(H,19,20). The van der Waals surface area contributed by atoms with Gasteiger partial charge in [0.05, 0.1) is 7.11 Å². The van der Waals surface area contributed by atoms with Crippen molar-refractivity contribution in [1.82, 2.24) is 10.6 Å². The quantitative estimate of drug-likeness (QED) is 0.802. The Morgan fingerprint density at radius 2 is 2.05 bits per heavy atom. The number of amides is 1. The lowest BCUT2D eigenvalue weighted by Crippen LogP contribution is -2.41. The monoisotopic (exact) mass is 372 g/mol. The van der Waals surface area contributed by atoms with Gasteiger partial charge in [0, 0.05) is 29.2 Å². The number of alkyl carbamates (subject to hydrolysis) is 1. The maximum atomic E-state index is 11.6. The minimum absolute atomic E-state index is 0.108. The van der Waals surface area contributed by atoms with Crippen LogP contribution in [0.1, 0.15) is 33.3 Å². The van der Waals surface area contributed by atoms with Gasteiger partial charge in [-0.1, -0.05) is 15.9 Å². The van der Waals surface area contributed by atoms with E-state index in [1.807, 2.05) is 45.9 Å². The molecule has 1 amide bonds. The highest BCUT2D eigenvalue weighted by Crippen LogP contribution is 2.22. The van der Waals surface area contributed by atoms with Gasteiger partial charge in [0.25, 0.3) is 0 Å². The fourth-order valence-electron chi connectivity index (χ4n) is 1.79. The molecule has 0 heterocycles. The van der Waals surface area contributed by atoms with Crippen molar-refractivity contribution in [2.45, 2.75) is 45.9 Å². The molecule has 1 aromatic rings. The van der Waals surface area contributed by atoms with Crippen LogP contribution in [0.25, 0.3) is 0 Å². The Balaban J connectivity index is 2.42. The first-order valence-electron chi connectivity index (χ1n) is 7.24. The third-order valence-corrected chi connectivity index (χ3v) is 3.33. The molecule has 0 spiro atoms. The first kappa shape index (κ1) is 18.8. The lowest BCUT2D eigenvalue weighted by molar-refractivity contribution is 0.0523. The third-order valence-electron chi connectivity index (χ3n) is 2.83. The lowest BCUT2D eigenvalue weighted by atomic mass is 10.2. The van der Waals surface area contributed by atoms with Crippen LogP contribution < -0.4 is 15.4 Å². The summed E-state index contributed by atoms with van der Waals surface area (Å²) in [5.74, 6) is 0.836. The molecule has 1 rings (SSSR count). The van der Waals surface area contributed by atoms with E-state index in [-0.39, 0.29) is 6.04 Å². The average Bonchev–Trinajstić information content (AvgIpc) is 2.41. The Bertz CT molecular complexity index is 501. The fraction of sp³-hybridized carbons (Fsp3) is 0.562. The summed E-state index contributed by atoms with van der Waals surface area (Å²) in [6, 6.07) is 5.98. The average molecular weight is 373 g/mol. The Morgan fingerprint density at radius 1 is 1.36 bits per heavy atom. The van der Waals surface area contributed by atoms with Gasteiger partial charge >= 0.3 is 6.09 Å². The van der Waals surface area contributed by atoms with Crippen molar-refractivity contribution < 1.29 is 14.3 Å². The van der Waals surface area contributed by atoms with Gasteiger partial charge in [0.2, 0.25) is 0 Å². The predicted molar refractivity (Wildman–Crippen MR) is 91.2 cm³/mol. The Labute approximate surface area is 140 Å². The minimum atomic E-state index is -0.482. The van der Waals surface area contributed by atoms with Crippen molar-refractivity contribution in [2.24, 2.45) is 0 Å². The lowest BCUT2D eigenvalue weighted by Gasteiger charge is -2.21. The van der Waals surface area contributed by atoms with E-state index < -0.39 is 11.7 Å². The molecule has 22 heavy (non-hydrogen) atoms. The molecule has 0 bridgehead atoms. The molecule has 0 aliphatic rings. The van der Waals surface area contributed by atoms with Crippen molar-refractivity contribution in [3.8, 4) is 5.75 Å². The van der Waals surface area contributed by atoms with Crippen molar-refractivity contribution >= 4 is 22.0 Å². The van der Waals surface area contributed by atoms with Crippen LogP contribution in [0.5, 0.6) is 5.75 Å². The zero-order valence-corrected chi connectivity index (χ0v) is 15.4. The molecule has 0 aromatic heterocycles. The number of rotatable bonds is 6. The van der Waals surface area contributed by atoms with Crippen molar-refractivity contribution in [3.63, 3.8) is 0 Å². The van der Waals surface area contributed by atoms with E-state index in [1.54, 1.807) is 7.11 Å². The number of hydrogen-bond donors (Lipinski definition) is 2. The minimum Gasteiger partial charge on any atom is -0.496 e. The summed E-state index contributed by atoms with van der Waals surface area (Å²) in [5, 5.41) is 6.10. The maximum absolute atomic E-state index is 11.6. The molecule has 2 N–H and O–H groups in total. The van der Waals surface area contributed by atoms with E-state index in [2.05, 4.69) is 26.6 Å². The van der Waals surface area contributed by atoms with Gasteiger partial charge in [0.1, 0.15) is 11.4 Å². The molecule has 0 saturated carbocycles. The molecule has 0 fully saturated rings. The number of nitrogens with one attached hydrogen (secondary N) is 2. The van der Waals surface area contributed by atoms with E-state index in [1.165, 1.54) is 0 Å². The number of halogens is 1. The number of hydrogen-bond acceptors (Lipinski definition) is 4. The highest BCUT2D eigenvalue weighted by Gasteiger charge is 2.16. The van der Waals surface area contributed by atoms with Crippen LogP contribution in [0.4, 0.5) is 4.79 Å².